The van der Waals surface area contributed by atoms with Gasteiger partial charge >= 0.3 is 0 Å². The van der Waals surface area contributed by atoms with E-state index in [4.69, 9.17) is 0 Å². The molecule has 0 saturated carbocycles. The van der Waals surface area contributed by atoms with Crippen LogP contribution in [0.4, 0.5) is 5.13 Å². The molecule has 2 N–H and O–H groups in total. The molecule has 4 nitrogen and oxygen atoms in total. The highest BCUT2D eigenvalue weighted by Crippen LogP contribution is 2.29. The number of carbonyl (C=O) groups excluding carboxylic acids is 1. The first kappa shape index (κ1) is 16.1. The third-order valence-corrected chi connectivity index (χ3v) is 5.47. The second-order valence-corrected chi connectivity index (χ2v) is 7.24. The molecule has 1 aromatic carbocycles. The second kappa shape index (κ2) is 7.70. The summed E-state index contributed by atoms with van der Waals surface area (Å²) >= 11 is 1.52. The number of anilines is 1. The molecule has 0 radical (unpaired) electrons. The minimum Gasteiger partial charge on any atom is -0.317 e. The third kappa shape index (κ3) is 4.39. The van der Waals surface area contributed by atoms with Gasteiger partial charge in [0.15, 0.2) is 5.13 Å². The van der Waals surface area contributed by atoms with Crippen LogP contribution in [0, 0.1) is 11.8 Å². The zero-order valence-corrected chi connectivity index (χ0v) is 14.2. The predicted molar refractivity (Wildman–Crippen MR) is 95.6 cm³/mol. The Hall–Kier alpha value is -1.72. The van der Waals surface area contributed by atoms with Gasteiger partial charge in [-0.25, -0.2) is 4.98 Å². The van der Waals surface area contributed by atoms with Crippen LogP contribution in [0.2, 0.25) is 0 Å². The fourth-order valence-electron chi connectivity index (χ4n) is 3.11. The average molecular weight is 329 g/mol. The number of nitrogens with one attached hydrogen (secondary N) is 2. The molecule has 3 rings (SSSR count). The molecule has 1 aliphatic heterocycles. The molecule has 2 aromatic rings. The van der Waals surface area contributed by atoms with Crippen molar-refractivity contribution in [2.75, 3.05) is 18.4 Å². The van der Waals surface area contributed by atoms with Crippen LogP contribution in [-0.2, 0) is 4.79 Å². The van der Waals surface area contributed by atoms with E-state index < -0.39 is 0 Å². The fourth-order valence-corrected chi connectivity index (χ4v) is 3.95. The predicted octanol–water partition coefficient (Wildman–Crippen LogP) is 3.77. The molecule has 1 aromatic heterocycles. The molecular weight excluding hydrogens is 306 g/mol. The number of amides is 1. The van der Waals surface area contributed by atoms with Crippen LogP contribution < -0.4 is 10.6 Å². The molecule has 0 bridgehead atoms. The minimum atomic E-state index is 0.0741. The second-order valence-electron chi connectivity index (χ2n) is 6.21. The van der Waals surface area contributed by atoms with Gasteiger partial charge < -0.3 is 10.6 Å². The van der Waals surface area contributed by atoms with Gasteiger partial charge in [-0.3, -0.25) is 4.79 Å². The standard InChI is InChI=1S/C18H23N3OS/c1-13(14-7-9-19-10-8-14)11-17(22)21-18-20-12-16(23-18)15-5-3-2-4-6-15/h2-6,12-14,19H,7-11H2,1H3,(H,20,21,22). The number of piperidine rings is 1. The van der Waals surface area contributed by atoms with Crippen molar-refractivity contribution in [3.63, 3.8) is 0 Å². The molecule has 1 saturated heterocycles. The summed E-state index contributed by atoms with van der Waals surface area (Å²) in [6.07, 6.45) is 4.74. The lowest BCUT2D eigenvalue weighted by molar-refractivity contribution is -0.117. The van der Waals surface area contributed by atoms with E-state index in [9.17, 15) is 4.79 Å². The molecule has 0 aliphatic carbocycles. The summed E-state index contributed by atoms with van der Waals surface area (Å²) in [5.41, 5.74) is 1.13. The van der Waals surface area contributed by atoms with Crippen LogP contribution in [0.5, 0.6) is 0 Å². The van der Waals surface area contributed by atoms with Crippen LogP contribution in [-0.4, -0.2) is 24.0 Å². The quantitative estimate of drug-likeness (QED) is 0.878. The summed E-state index contributed by atoms with van der Waals surface area (Å²) in [5.74, 6) is 1.15. The highest BCUT2D eigenvalue weighted by Gasteiger charge is 2.22. The maximum Gasteiger partial charge on any atom is 0.226 e. The zero-order chi connectivity index (χ0) is 16.1. The van der Waals surface area contributed by atoms with E-state index in [1.807, 2.05) is 24.4 Å². The van der Waals surface area contributed by atoms with Crippen LogP contribution in [0.25, 0.3) is 10.4 Å². The van der Waals surface area contributed by atoms with Gasteiger partial charge in [0.05, 0.1) is 4.88 Å². The Kier molecular flexibility index (Phi) is 5.41. The lowest BCUT2D eigenvalue weighted by atomic mass is 9.84. The Morgan fingerprint density at radius 3 is 2.83 bits per heavy atom. The SMILES string of the molecule is CC(CC(=O)Nc1ncc(-c2ccccc2)s1)C1CCNCC1. The minimum absolute atomic E-state index is 0.0741. The van der Waals surface area contributed by atoms with Crippen molar-refractivity contribution in [2.45, 2.75) is 26.2 Å². The Balaban J connectivity index is 1.55. The number of hydrogen-bond acceptors (Lipinski definition) is 4. The fraction of sp³-hybridized carbons (Fsp3) is 0.444. The van der Waals surface area contributed by atoms with Gasteiger partial charge in [-0.1, -0.05) is 48.6 Å². The van der Waals surface area contributed by atoms with Crippen LogP contribution in [0.15, 0.2) is 36.5 Å². The van der Waals surface area contributed by atoms with Crippen molar-refractivity contribution in [1.29, 1.82) is 0 Å². The van der Waals surface area contributed by atoms with Gasteiger partial charge in [0.1, 0.15) is 0 Å². The molecule has 1 fully saturated rings. The van der Waals surface area contributed by atoms with E-state index in [1.165, 1.54) is 24.2 Å². The third-order valence-electron chi connectivity index (χ3n) is 4.51. The van der Waals surface area contributed by atoms with E-state index in [0.29, 0.717) is 23.4 Å². The van der Waals surface area contributed by atoms with Crippen LogP contribution in [0.3, 0.4) is 0 Å². The first-order chi connectivity index (χ1) is 11.2. The smallest absolute Gasteiger partial charge is 0.226 e. The lowest BCUT2D eigenvalue weighted by Crippen LogP contribution is -2.32. The van der Waals surface area contributed by atoms with Gasteiger partial charge in [-0.15, -0.1) is 0 Å². The molecule has 2 heterocycles. The molecule has 122 valence electrons. The van der Waals surface area contributed by atoms with Crippen molar-refractivity contribution in [2.24, 2.45) is 11.8 Å². The monoisotopic (exact) mass is 329 g/mol. The summed E-state index contributed by atoms with van der Waals surface area (Å²) in [6, 6.07) is 10.1. The molecule has 1 atom stereocenters. The number of hydrogen-bond donors (Lipinski definition) is 2. The topological polar surface area (TPSA) is 54.0 Å². The van der Waals surface area contributed by atoms with Crippen molar-refractivity contribution in [1.82, 2.24) is 10.3 Å². The summed E-state index contributed by atoms with van der Waals surface area (Å²) in [5, 5.41) is 7.01. The van der Waals surface area contributed by atoms with Crippen molar-refractivity contribution < 1.29 is 4.79 Å². The lowest BCUT2D eigenvalue weighted by Gasteiger charge is -2.27. The highest BCUT2D eigenvalue weighted by molar-refractivity contribution is 7.19. The maximum atomic E-state index is 12.3. The number of thiazole rings is 1. The Bertz CT molecular complexity index is 635. The molecule has 23 heavy (non-hydrogen) atoms. The van der Waals surface area contributed by atoms with Crippen LogP contribution in [0.1, 0.15) is 26.2 Å². The Labute approximate surface area is 141 Å². The van der Waals surface area contributed by atoms with Crippen molar-refractivity contribution in [3.05, 3.63) is 36.5 Å². The van der Waals surface area contributed by atoms with E-state index in [1.54, 1.807) is 0 Å². The van der Waals surface area contributed by atoms with E-state index in [0.717, 1.165) is 23.5 Å². The summed E-state index contributed by atoms with van der Waals surface area (Å²) in [4.78, 5) is 17.7. The van der Waals surface area contributed by atoms with Crippen molar-refractivity contribution >= 4 is 22.4 Å². The average Bonchev–Trinajstić information content (AvgIpc) is 3.04. The van der Waals surface area contributed by atoms with E-state index in [-0.39, 0.29) is 5.91 Å². The van der Waals surface area contributed by atoms with Gasteiger partial charge in [0.2, 0.25) is 5.91 Å². The zero-order valence-electron chi connectivity index (χ0n) is 13.4. The number of nitrogens with zero attached hydrogens (tertiary/aromatic N) is 1. The molecule has 1 amide bonds. The Morgan fingerprint density at radius 2 is 2.09 bits per heavy atom. The first-order valence-corrected chi connectivity index (χ1v) is 9.06. The van der Waals surface area contributed by atoms with Crippen LogP contribution >= 0.6 is 11.3 Å². The highest BCUT2D eigenvalue weighted by atomic mass is 32.1. The molecule has 1 aliphatic rings. The number of carbonyl (C=O) groups is 1. The normalized spacial score (nSPS) is 16.9. The van der Waals surface area contributed by atoms with Crippen molar-refractivity contribution in [3.8, 4) is 10.4 Å². The largest absolute Gasteiger partial charge is 0.317 e. The summed E-state index contributed by atoms with van der Waals surface area (Å²) in [6.45, 7) is 4.33. The van der Waals surface area contributed by atoms with Gasteiger partial charge in [0, 0.05) is 12.6 Å². The molecule has 1 unspecified atom stereocenters. The molecular formula is C18H23N3OS. The van der Waals surface area contributed by atoms with E-state index >= 15 is 0 Å². The molecule has 5 heteroatoms. The summed E-state index contributed by atoms with van der Waals surface area (Å²) in [7, 11) is 0. The molecule has 0 spiro atoms. The first-order valence-electron chi connectivity index (χ1n) is 8.24. The maximum absolute atomic E-state index is 12.3. The van der Waals surface area contributed by atoms with Gasteiger partial charge in [-0.2, -0.15) is 0 Å². The number of benzene rings is 1. The number of aromatic nitrogens is 1. The van der Waals surface area contributed by atoms with Gasteiger partial charge in [-0.05, 0) is 43.3 Å². The van der Waals surface area contributed by atoms with E-state index in [2.05, 4.69) is 34.7 Å². The summed E-state index contributed by atoms with van der Waals surface area (Å²) < 4.78 is 0. The Morgan fingerprint density at radius 1 is 1.35 bits per heavy atom. The van der Waals surface area contributed by atoms with Gasteiger partial charge in [0.25, 0.3) is 0 Å². The number of rotatable bonds is 5.